The molecule has 3 amide bonds. The summed E-state index contributed by atoms with van der Waals surface area (Å²) in [5.74, 6) is 2.84. The predicted molar refractivity (Wildman–Crippen MR) is 424 cm³/mol. The number of ether oxygens (including phenoxy) is 6. The molecule has 9 aromatic carbocycles. The molecule has 106 heavy (non-hydrogen) atoms. The lowest BCUT2D eigenvalue weighted by atomic mass is 10.2. The van der Waals surface area contributed by atoms with Crippen molar-refractivity contribution >= 4 is 86.0 Å². The number of alkyl carbamates (subject to hydrolysis) is 2. The summed E-state index contributed by atoms with van der Waals surface area (Å²) in [6, 6.07) is 63.9. The summed E-state index contributed by atoms with van der Waals surface area (Å²) >= 11 is 0. The number of amides is 3. The van der Waals surface area contributed by atoms with Gasteiger partial charge in [0, 0.05) is 34.9 Å². The molecule has 1 heterocycles. The lowest BCUT2D eigenvalue weighted by Gasteiger charge is -2.22. The van der Waals surface area contributed by atoms with Crippen LogP contribution in [0.3, 0.4) is 0 Å². The van der Waals surface area contributed by atoms with E-state index < -0.39 is 50.8 Å². The number of nitrogen functional groups attached to an aromatic ring is 1. The average Bonchev–Trinajstić information content (AvgIpc) is 1.62. The number of hydrogen-bond donors (Lipinski definition) is 7. The minimum atomic E-state index is -0.799. The predicted octanol–water partition coefficient (Wildman–Crippen LogP) is 20.5. The van der Waals surface area contributed by atoms with Gasteiger partial charge >= 0.3 is 17.9 Å². The van der Waals surface area contributed by atoms with Gasteiger partial charge in [-0.25, -0.2) is 14.6 Å². The number of nitro benzene ring substituents is 2. The Morgan fingerprint density at radius 2 is 0.849 bits per heavy atom. The number of nitro groups is 2. The van der Waals surface area contributed by atoms with Crippen LogP contribution in [0.2, 0.25) is 0 Å². The molecule has 566 valence electrons. The van der Waals surface area contributed by atoms with Crippen LogP contribution in [0.1, 0.15) is 117 Å². The van der Waals surface area contributed by atoms with Crippen molar-refractivity contribution in [2.24, 2.45) is 0 Å². The van der Waals surface area contributed by atoms with E-state index >= 15 is 0 Å². The largest absolute Gasteiger partial charge is 0.494 e. The number of carbonyl (C=O) groups excluding carboxylic acids is 3. The summed E-state index contributed by atoms with van der Waals surface area (Å²) in [5, 5.41) is 38.7. The first-order valence-electron chi connectivity index (χ1n) is 33.2. The summed E-state index contributed by atoms with van der Waals surface area (Å²) in [6.45, 7) is 24.6. The first-order chi connectivity index (χ1) is 49.2. The topological polar surface area (TPSA) is 309 Å². The Bertz CT molecular complexity index is 4340. The van der Waals surface area contributed by atoms with E-state index in [0.29, 0.717) is 37.8 Å². The molecule has 10 aromatic rings. The van der Waals surface area contributed by atoms with Gasteiger partial charge in [-0.2, -0.15) is 4.39 Å². The number of nitrogens with one attached hydrogen (secondary N) is 6. The van der Waals surface area contributed by atoms with Crippen LogP contribution in [0.4, 0.5) is 70.9 Å². The normalized spacial score (nSPS) is 10.8. The molecule has 2 atom stereocenters. The van der Waals surface area contributed by atoms with Gasteiger partial charge in [-0.05, 0) is 229 Å². The van der Waals surface area contributed by atoms with Crippen LogP contribution in [0.5, 0.6) is 23.0 Å². The molecular weight excluding hydrogens is 1350 g/mol. The number of nitrogens with zero attached hydrogens (tertiary/aromatic N) is 4. The van der Waals surface area contributed by atoms with Crippen molar-refractivity contribution in [1.82, 2.24) is 20.2 Å². The van der Waals surface area contributed by atoms with E-state index in [-0.39, 0.29) is 39.9 Å². The highest BCUT2D eigenvalue weighted by atomic mass is 19.1. The van der Waals surface area contributed by atoms with Crippen LogP contribution >= 0.6 is 0 Å². The van der Waals surface area contributed by atoms with E-state index in [4.69, 9.17) is 39.1 Å². The third-order valence-electron chi connectivity index (χ3n) is 13.9. The van der Waals surface area contributed by atoms with E-state index in [1.807, 2.05) is 224 Å². The highest BCUT2D eigenvalue weighted by Crippen LogP contribution is 2.31. The van der Waals surface area contributed by atoms with Gasteiger partial charge in [0.2, 0.25) is 11.7 Å². The molecule has 0 fully saturated rings. The van der Waals surface area contributed by atoms with Crippen LogP contribution < -0.4 is 56.6 Å². The maximum absolute atomic E-state index is 12.5. The average molecular weight is 1460 g/mol. The third kappa shape index (κ3) is 29.1. The summed E-state index contributed by atoms with van der Waals surface area (Å²) in [5.41, 5.74) is 13.1. The molecule has 10 rings (SSSR count). The fourth-order valence-electron chi connectivity index (χ4n) is 9.32. The Hall–Kier alpha value is -12.4. The maximum atomic E-state index is 12.5. The number of hydrogen-bond acceptors (Lipinski definition) is 18. The second-order valence-corrected chi connectivity index (χ2v) is 24.3. The van der Waals surface area contributed by atoms with Crippen molar-refractivity contribution in [1.29, 1.82) is 0 Å². The monoisotopic (exact) mass is 1460 g/mol. The summed E-state index contributed by atoms with van der Waals surface area (Å²) < 4.78 is 46.7. The van der Waals surface area contributed by atoms with Crippen molar-refractivity contribution in [3.8, 4) is 28.7 Å². The van der Waals surface area contributed by atoms with Gasteiger partial charge in [0.05, 0.1) is 76.1 Å². The van der Waals surface area contributed by atoms with Crippen molar-refractivity contribution < 1.29 is 57.0 Å². The summed E-state index contributed by atoms with van der Waals surface area (Å²) in [7, 11) is 0. The Kier molecular flexibility index (Phi) is 36.1. The molecule has 25 heteroatoms. The fraction of sp³-hybridized carbons (Fsp3) is 0.284. The first kappa shape index (κ1) is 87.8. The number of halogens is 1. The zero-order chi connectivity index (χ0) is 75.1. The van der Waals surface area contributed by atoms with Crippen LogP contribution in [0.25, 0.3) is 16.7 Å². The number of anilines is 8. The van der Waals surface area contributed by atoms with Crippen LogP contribution in [0, 0.1) is 26.0 Å². The second kappa shape index (κ2) is 43.5. The molecule has 0 aliphatic rings. The smallest absolute Gasteiger partial charge is 0.408 e. The van der Waals surface area contributed by atoms with E-state index in [1.54, 1.807) is 52.0 Å². The van der Waals surface area contributed by atoms with Crippen molar-refractivity contribution in [2.75, 3.05) is 53.4 Å². The molecule has 0 aliphatic heterocycles. The number of benzene rings is 9. The zero-order valence-electron chi connectivity index (χ0n) is 59.8. The first-order valence-corrected chi connectivity index (χ1v) is 33.2. The van der Waals surface area contributed by atoms with Gasteiger partial charge in [0.25, 0.3) is 5.69 Å². The molecule has 8 N–H and O–H groups in total. The van der Waals surface area contributed by atoms with Gasteiger partial charge in [0.15, 0.2) is 0 Å². The van der Waals surface area contributed by atoms with E-state index in [2.05, 4.69) is 31.9 Å². The number of nitrogens with two attached hydrogens (primary N) is 1. The van der Waals surface area contributed by atoms with E-state index in [0.717, 1.165) is 91.8 Å². The van der Waals surface area contributed by atoms with Crippen LogP contribution in [-0.4, -0.2) is 81.2 Å². The molecular formula is C81H102FN11O13. The minimum absolute atomic E-state index is 0. The number of aromatic nitrogens is 2. The summed E-state index contributed by atoms with van der Waals surface area (Å²) in [4.78, 5) is 61.1. The van der Waals surface area contributed by atoms with Gasteiger partial charge in [-0.3, -0.25) is 29.6 Å². The second-order valence-electron chi connectivity index (χ2n) is 24.3. The number of para-hydroxylation sites is 9. The Morgan fingerprint density at radius 1 is 0.481 bits per heavy atom. The molecule has 24 nitrogen and oxygen atoms in total. The lowest BCUT2D eigenvalue weighted by molar-refractivity contribution is -0.387. The fourth-order valence-corrected chi connectivity index (χ4v) is 9.32. The van der Waals surface area contributed by atoms with Gasteiger partial charge in [-0.1, -0.05) is 82.9 Å². The number of carbonyl (C=O) groups is 3. The van der Waals surface area contributed by atoms with Gasteiger partial charge in [-0.15, -0.1) is 0 Å². The lowest BCUT2D eigenvalue weighted by Crippen LogP contribution is -2.44. The highest BCUT2D eigenvalue weighted by molar-refractivity contribution is 5.99. The maximum Gasteiger partial charge on any atom is 0.408 e. The van der Waals surface area contributed by atoms with Crippen LogP contribution in [0.15, 0.2) is 218 Å². The third-order valence-corrected chi connectivity index (χ3v) is 13.9. The molecule has 0 saturated carbocycles. The van der Waals surface area contributed by atoms with E-state index in [9.17, 15) is 39.0 Å². The standard InChI is InChI=1S/C22H29N3O4.C22H27N3O3.C14H14N2O3.C14H16N2O.C6H4FNO2.3CH4/c1-6-28-17-13-11-16(12-14-17)24-18-9-7-8-10-19(18)25-20(26)15(2)23-21(27)29-22(3,4)5;1-6-27-17-13-11-16(12-14-17)25-19-10-8-7-9-18(19)24-20(25)15(2)23-21(26)28-22(3,4)5;1-2-19-12-9-7-11(8-10-12)15-13-5-3-4-6-14(13)16(17)18;1-2-17-12-9-7-11(8-10-12)16-14-6-4-3-5-13(14)15;7-5-3-1-2-4-6(5)8(9)10;;;/h7-15,24H,6H2,1-5H3,(H,23,27)(H,25,26);7-15H,6H2,1-5H3,(H,23,26);3-10,15H,2H2,1H3;3-10,16H,2,15H2,1H3;1-4H;3*1H4/t2*15-;;;;;;/m11....../s1. The van der Waals surface area contributed by atoms with E-state index in [1.165, 1.54) is 18.2 Å². The number of imidazole rings is 1. The molecule has 0 unspecified atom stereocenters. The molecule has 0 spiro atoms. The molecule has 1 aromatic heterocycles. The minimum Gasteiger partial charge on any atom is -0.494 e. The van der Waals surface area contributed by atoms with Crippen molar-refractivity contribution in [3.05, 3.63) is 250 Å². The number of fused-ring (bicyclic) bond motifs is 1. The molecule has 0 bridgehead atoms. The molecule has 0 radical (unpaired) electrons. The zero-order valence-corrected chi connectivity index (χ0v) is 59.8. The van der Waals surface area contributed by atoms with Crippen LogP contribution in [-0.2, 0) is 14.3 Å². The quantitative estimate of drug-likeness (QED) is 0.0188. The summed E-state index contributed by atoms with van der Waals surface area (Å²) in [6.07, 6.45) is -1.11. The van der Waals surface area contributed by atoms with Crippen molar-refractivity contribution in [2.45, 2.75) is 129 Å². The number of rotatable bonds is 22. The van der Waals surface area contributed by atoms with Crippen molar-refractivity contribution in [3.63, 3.8) is 0 Å². The molecule has 0 aliphatic carbocycles. The Balaban J connectivity index is 0.000000354. The SMILES string of the molecule is C.C.C.CCOc1ccc(-n2c([C@@H](C)NC(=O)OC(C)(C)C)nc3ccccc32)cc1.CCOc1ccc(Nc2ccccc2N)cc1.CCOc1ccc(Nc2ccccc2NC(=O)[C@@H](C)NC(=O)OC(C)(C)C)cc1.CCOc1ccc(Nc2ccccc2[N+](=O)[O-])cc1.O=[N+]([O-])c1ccccc1F. The van der Waals surface area contributed by atoms with Gasteiger partial charge < -0.3 is 66.1 Å². The van der Waals surface area contributed by atoms with Gasteiger partial charge in [0.1, 0.15) is 51.8 Å². The molecule has 0 saturated heterocycles. The Morgan fingerprint density at radius 3 is 1.28 bits per heavy atom. The Labute approximate surface area is 621 Å². The highest BCUT2D eigenvalue weighted by Gasteiger charge is 2.25.